The average molecular weight is 300 g/mol. The van der Waals surface area contributed by atoms with Crippen LogP contribution in [0.4, 0.5) is 15.8 Å². The Labute approximate surface area is 130 Å². The van der Waals surface area contributed by atoms with Gasteiger partial charge >= 0.3 is 0 Å². The number of carbonyl (C=O) groups is 1. The second-order valence-corrected chi connectivity index (χ2v) is 5.36. The molecule has 0 saturated carbocycles. The van der Waals surface area contributed by atoms with E-state index >= 15 is 0 Å². The Morgan fingerprint density at radius 1 is 1.18 bits per heavy atom. The van der Waals surface area contributed by atoms with Crippen molar-refractivity contribution in [2.24, 2.45) is 0 Å². The second-order valence-electron chi connectivity index (χ2n) is 5.36. The molecule has 0 saturated heterocycles. The number of hydrogen-bond donors (Lipinski definition) is 1. The Bertz CT molecular complexity index is 670. The molecule has 1 N–H and O–H groups in total. The van der Waals surface area contributed by atoms with Crippen molar-refractivity contribution in [1.29, 1.82) is 0 Å². The fourth-order valence-corrected chi connectivity index (χ4v) is 2.38. The number of likely N-dealkylation sites (N-methyl/N-ethyl adjacent to an activating group) is 1. The molecule has 0 radical (unpaired) electrons. The number of carbonyl (C=O) groups excluding carboxylic acids is 1. The van der Waals surface area contributed by atoms with E-state index in [-0.39, 0.29) is 18.3 Å². The van der Waals surface area contributed by atoms with Gasteiger partial charge in [-0.2, -0.15) is 0 Å². The predicted octanol–water partition coefficient (Wildman–Crippen LogP) is 3.91. The number of benzene rings is 2. The van der Waals surface area contributed by atoms with Crippen LogP contribution >= 0.6 is 0 Å². The first kappa shape index (κ1) is 16.0. The SMILES string of the molecule is CCN(CC(=O)Nc1ccc(C)cc1C)c1cccc(F)c1. The molecule has 4 heteroatoms. The van der Waals surface area contributed by atoms with Gasteiger partial charge in [0.25, 0.3) is 0 Å². The molecule has 0 unspecified atom stereocenters. The van der Waals surface area contributed by atoms with Gasteiger partial charge in [0, 0.05) is 17.9 Å². The quantitative estimate of drug-likeness (QED) is 0.908. The standard InChI is InChI=1S/C18H21FN2O/c1-4-21(16-7-5-6-15(19)11-16)12-18(22)20-17-9-8-13(2)10-14(17)3/h5-11H,4,12H2,1-3H3,(H,20,22). The molecule has 2 aromatic carbocycles. The molecule has 0 bridgehead atoms. The summed E-state index contributed by atoms with van der Waals surface area (Å²) in [6.07, 6.45) is 0. The van der Waals surface area contributed by atoms with E-state index in [1.165, 1.54) is 12.1 Å². The molecule has 0 fully saturated rings. The van der Waals surface area contributed by atoms with Crippen LogP contribution in [0.25, 0.3) is 0 Å². The van der Waals surface area contributed by atoms with Crippen LogP contribution in [-0.2, 0) is 4.79 Å². The summed E-state index contributed by atoms with van der Waals surface area (Å²) >= 11 is 0. The molecule has 0 aliphatic carbocycles. The third kappa shape index (κ3) is 4.07. The highest BCUT2D eigenvalue weighted by atomic mass is 19.1. The van der Waals surface area contributed by atoms with Gasteiger partial charge in [0.05, 0.1) is 6.54 Å². The highest BCUT2D eigenvalue weighted by Crippen LogP contribution is 2.18. The van der Waals surface area contributed by atoms with E-state index in [1.807, 2.05) is 43.9 Å². The maximum atomic E-state index is 13.3. The number of amides is 1. The molecule has 116 valence electrons. The summed E-state index contributed by atoms with van der Waals surface area (Å²) in [7, 11) is 0. The first-order valence-electron chi connectivity index (χ1n) is 7.37. The normalized spacial score (nSPS) is 10.4. The molecule has 22 heavy (non-hydrogen) atoms. The van der Waals surface area contributed by atoms with Crippen molar-refractivity contribution in [3.8, 4) is 0 Å². The summed E-state index contributed by atoms with van der Waals surface area (Å²) in [5, 5.41) is 2.91. The van der Waals surface area contributed by atoms with E-state index in [9.17, 15) is 9.18 Å². The van der Waals surface area contributed by atoms with Crippen molar-refractivity contribution in [2.45, 2.75) is 20.8 Å². The summed E-state index contributed by atoms with van der Waals surface area (Å²) in [6, 6.07) is 12.2. The molecule has 0 atom stereocenters. The minimum atomic E-state index is -0.300. The Morgan fingerprint density at radius 3 is 2.59 bits per heavy atom. The van der Waals surface area contributed by atoms with Gasteiger partial charge in [-0.15, -0.1) is 0 Å². The minimum absolute atomic E-state index is 0.113. The smallest absolute Gasteiger partial charge is 0.243 e. The zero-order chi connectivity index (χ0) is 16.1. The van der Waals surface area contributed by atoms with Gasteiger partial charge in [0.2, 0.25) is 5.91 Å². The number of anilines is 2. The zero-order valence-corrected chi connectivity index (χ0v) is 13.2. The maximum Gasteiger partial charge on any atom is 0.243 e. The summed E-state index contributed by atoms with van der Waals surface area (Å²) in [4.78, 5) is 14.1. The Hall–Kier alpha value is -2.36. The lowest BCUT2D eigenvalue weighted by molar-refractivity contribution is -0.115. The van der Waals surface area contributed by atoms with Crippen LogP contribution in [0, 0.1) is 19.7 Å². The highest BCUT2D eigenvalue weighted by Gasteiger charge is 2.11. The van der Waals surface area contributed by atoms with Gasteiger partial charge in [-0.3, -0.25) is 4.79 Å². The van der Waals surface area contributed by atoms with Crippen molar-refractivity contribution in [3.05, 3.63) is 59.4 Å². The van der Waals surface area contributed by atoms with Crippen LogP contribution in [0.5, 0.6) is 0 Å². The average Bonchev–Trinajstić information content (AvgIpc) is 2.47. The third-order valence-electron chi connectivity index (χ3n) is 3.55. The zero-order valence-electron chi connectivity index (χ0n) is 13.2. The van der Waals surface area contributed by atoms with Crippen molar-refractivity contribution in [1.82, 2.24) is 0 Å². The molecular formula is C18H21FN2O. The molecule has 1 amide bonds. The van der Waals surface area contributed by atoms with Crippen LogP contribution in [0.1, 0.15) is 18.1 Å². The lowest BCUT2D eigenvalue weighted by atomic mass is 10.1. The topological polar surface area (TPSA) is 32.3 Å². The van der Waals surface area contributed by atoms with Crippen LogP contribution in [0.15, 0.2) is 42.5 Å². The monoisotopic (exact) mass is 300 g/mol. The largest absolute Gasteiger partial charge is 0.362 e. The van der Waals surface area contributed by atoms with Crippen LogP contribution in [0.2, 0.25) is 0 Å². The fraction of sp³-hybridized carbons (Fsp3) is 0.278. The molecule has 3 nitrogen and oxygen atoms in total. The third-order valence-corrected chi connectivity index (χ3v) is 3.55. The summed E-state index contributed by atoms with van der Waals surface area (Å²) in [6.45, 7) is 6.74. The van der Waals surface area contributed by atoms with E-state index in [1.54, 1.807) is 12.1 Å². The number of hydrogen-bond acceptors (Lipinski definition) is 2. The molecular weight excluding hydrogens is 279 g/mol. The summed E-state index contributed by atoms with van der Waals surface area (Å²) in [5.41, 5.74) is 3.71. The van der Waals surface area contributed by atoms with Crippen molar-refractivity contribution < 1.29 is 9.18 Å². The van der Waals surface area contributed by atoms with Crippen molar-refractivity contribution in [3.63, 3.8) is 0 Å². The number of nitrogens with zero attached hydrogens (tertiary/aromatic N) is 1. The van der Waals surface area contributed by atoms with E-state index in [0.29, 0.717) is 12.2 Å². The number of halogens is 1. The fourth-order valence-electron chi connectivity index (χ4n) is 2.38. The van der Waals surface area contributed by atoms with Crippen LogP contribution in [-0.4, -0.2) is 19.0 Å². The Balaban J connectivity index is 2.06. The number of aryl methyl sites for hydroxylation is 2. The lowest BCUT2D eigenvalue weighted by Crippen LogP contribution is -2.33. The second kappa shape index (κ2) is 7.07. The van der Waals surface area contributed by atoms with Gasteiger partial charge in [-0.25, -0.2) is 4.39 Å². The van der Waals surface area contributed by atoms with Gasteiger partial charge in [0.1, 0.15) is 5.82 Å². The summed E-state index contributed by atoms with van der Waals surface area (Å²) in [5.74, 6) is -0.413. The molecule has 0 aliphatic rings. The van der Waals surface area contributed by atoms with Crippen molar-refractivity contribution in [2.75, 3.05) is 23.3 Å². The molecule has 0 spiro atoms. The molecule has 0 aromatic heterocycles. The highest BCUT2D eigenvalue weighted by molar-refractivity contribution is 5.94. The number of nitrogens with one attached hydrogen (secondary N) is 1. The van der Waals surface area contributed by atoms with Crippen LogP contribution in [0.3, 0.4) is 0 Å². The van der Waals surface area contributed by atoms with Gasteiger partial charge in [-0.1, -0.05) is 23.8 Å². The predicted molar refractivity (Wildman–Crippen MR) is 88.8 cm³/mol. The first-order valence-corrected chi connectivity index (χ1v) is 7.37. The van der Waals surface area contributed by atoms with Gasteiger partial charge in [0.15, 0.2) is 0 Å². The van der Waals surface area contributed by atoms with E-state index < -0.39 is 0 Å². The molecule has 2 aromatic rings. The molecule has 2 rings (SSSR count). The van der Waals surface area contributed by atoms with Gasteiger partial charge < -0.3 is 10.2 Å². The lowest BCUT2D eigenvalue weighted by Gasteiger charge is -2.22. The minimum Gasteiger partial charge on any atom is -0.362 e. The van der Waals surface area contributed by atoms with Crippen molar-refractivity contribution >= 4 is 17.3 Å². The summed E-state index contributed by atoms with van der Waals surface area (Å²) < 4.78 is 13.3. The maximum absolute atomic E-state index is 13.3. The number of rotatable bonds is 5. The molecule has 0 heterocycles. The Kier molecular flexibility index (Phi) is 5.15. The van der Waals surface area contributed by atoms with E-state index in [4.69, 9.17) is 0 Å². The van der Waals surface area contributed by atoms with Crippen LogP contribution < -0.4 is 10.2 Å². The van der Waals surface area contributed by atoms with Gasteiger partial charge in [-0.05, 0) is 50.6 Å². The van der Waals surface area contributed by atoms with E-state index in [2.05, 4.69) is 5.32 Å². The first-order chi connectivity index (χ1) is 10.5. The van der Waals surface area contributed by atoms with E-state index in [0.717, 1.165) is 16.8 Å². The Morgan fingerprint density at radius 2 is 1.95 bits per heavy atom. The molecule has 0 aliphatic heterocycles.